The second-order valence-electron chi connectivity index (χ2n) is 4.65. The Morgan fingerprint density at radius 3 is 2.85 bits per heavy atom. The van der Waals surface area contributed by atoms with Crippen LogP contribution in [-0.4, -0.2) is 33.1 Å². The number of carbonyl (C=O) groups excluding carboxylic acids is 1. The zero-order chi connectivity index (χ0) is 15.3. The second kappa shape index (κ2) is 6.99. The smallest absolute Gasteiger partial charge is 0.342 e. The summed E-state index contributed by atoms with van der Waals surface area (Å²) in [5, 5.41) is 10.8. The van der Waals surface area contributed by atoms with Crippen LogP contribution in [0.5, 0.6) is 0 Å². The van der Waals surface area contributed by atoms with Crippen LogP contribution >= 0.6 is 0 Å². The van der Waals surface area contributed by atoms with E-state index in [9.17, 15) is 14.9 Å². The second-order valence-corrected chi connectivity index (χ2v) is 4.65. The first kappa shape index (κ1) is 16.1. The van der Waals surface area contributed by atoms with Crippen LogP contribution in [0.3, 0.4) is 0 Å². The normalized spacial score (nSPS) is 13.8. The lowest BCUT2D eigenvalue weighted by Gasteiger charge is -2.16. The zero-order valence-electron chi connectivity index (χ0n) is 11.9. The Bertz CT molecular complexity index is 486. The number of nitrogens with zero attached hydrogens (tertiary/aromatic N) is 3. The maximum atomic E-state index is 11.7. The van der Waals surface area contributed by atoms with Crippen molar-refractivity contribution < 1.29 is 14.5 Å². The molecule has 0 bridgehead atoms. The lowest BCUT2D eigenvalue weighted by molar-refractivity contribution is -0.392. The molecule has 2 N–H and O–H groups in total. The molecule has 1 aromatic rings. The van der Waals surface area contributed by atoms with Crippen LogP contribution in [0.25, 0.3) is 0 Å². The first-order valence-electron chi connectivity index (χ1n) is 6.47. The highest BCUT2D eigenvalue weighted by atomic mass is 16.6. The summed E-state index contributed by atoms with van der Waals surface area (Å²) in [4.78, 5) is 25.8. The average Bonchev–Trinajstić information content (AvgIpc) is 2.78. The van der Waals surface area contributed by atoms with E-state index in [1.165, 1.54) is 10.8 Å². The number of nitrogens with two attached hydrogens (primary N) is 1. The summed E-state index contributed by atoms with van der Waals surface area (Å²) in [6, 6.07) is -0.668. The van der Waals surface area contributed by atoms with Gasteiger partial charge in [0.15, 0.2) is 5.82 Å². The van der Waals surface area contributed by atoms with Gasteiger partial charge >= 0.3 is 11.8 Å². The van der Waals surface area contributed by atoms with Crippen molar-refractivity contribution in [2.45, 2.75) is 39.8 Å². The standard InChI is InChI=1S/C12H20N4O4/c1-4-8(2)11(13)12(17)20-6-5-15-9(3)14-7-10(15)16(18)19/h7-8,11H,4-6,13H2,1-3H3/t8-,11-/m0/s1. The first-order valence-corrected chi connectivity index (χ1v) is 6.47. The lowest BCUT2D eigenvalue weighted by Crippen LogP contribution is -2.38. The van der Waals surface area contributed by atoms with Crippen LogP contribution < -0.4 is 5.73 Å². The van der Waals surface area contributed by atoms with Crippen molar-refractivity contribution in [1.29, 1.82) is 0 Å². The van der Waals surface area contributed by atoms with E-state index >= 15 is 0 Å². The molecular weight excluding hydrogens is 264 g/mol. The van der Waals surface area contributed by atoms with E-state index in [0.29, 0.717) is 5.82 Å². The highest BCUT2D eigenvalue weighted by Crippen LogP contribution is 2.13. The molecule has 0 aliphatic rings. The predicted octanol–water partition coefficient (Wildman–Crippen LogP) is 1.02. The number of ether oxygens (including phenoxy) is 1. The molecule has 0 aliphatic carbocycles. The van der Waals surface area contributed by atoms with Crippen molar-refractivity contribution in [1.82, 2.24) is 9.55 Å². The van der Waals surface area contributed by atoms with Gasteiger partial charge < -0.3 is 20.6 Å². The van der Waals surface area contributed by atoms with Crippen molar-refractivity contribution in [2.24, 2.45) is 11.7 Å². The largest absolute Gasteiger partial charge is 0.460 e. The Morgan fingerprint density at radius 2 is 2.30 bits per heavy atom. The molecule has 0 spiro atoms. The minimum atomic E-state index is -0.668. The van der Waals surface area contributed by atoms with E-state index in [2.05, 4.69) is 4.98 Å². The summed E-state index contributed by atoms with van der Waals surface area (Å²) >= 11 is 0. The van der Waals surface area contributed by atoms with Gasteiger partial charge in [-0.2, -0.15) is 0 Å². The fraction of sp³-hybridized carbons (Fsp3) is 0.667. The van der Waals surface area contributed by atoms with Crippen molar-refractivity contribution in [3.05, 3.63) is 22.1 Å². The minimum Gasteiger partial charge on any atom is -0.460 e. The fourth-order valence-electron chi connectivity index (χ4n) is 1.70. The molecule has 0 saturated carbocycles. The quantitative estimate of drug-likeness (QED) is 0.454. The highest BCUT2D eigenvalue weighted by Gasteiger charge is 2.22. The molecule has 0 fully saturated rings. The molecule has 1 aromatic heterocycles. The third-order valence-corrected chi connectivity index (χ3v) is 3.31. The summed E-state index contributed by atoms with van der Waals surface area (Å²) in [7, 11) is 0. The van der Waals surface area contributed by atoms with E-state index < -0.39 is 16.9 Å². The number of imidazole rings is 1. The number of carbonyl (C=O) groups is 1. The Kier molecular flexibility index (Phi) is 5.63. The number of hydrogen-bond donors (Lipinski definition) is 1. The van der Waals surface area contributed by atoms with Gasteiger partial charge in [0.1, 0.15) is 25.4 Å². The van der Waals surface area contributed by atoms with Crippen LogP contribution in [0.4, 0.5) is 5.82 Å². The molecule has 0 unspecified atom stereocenters. The number of hydrogen-bond acceptors (Lipinski definition) is 6. The van der Waals surface area contributed by atoms with Crippen molar-refractivity contribution >= 4 is 11.8 Å². The Hall–Kier alpha value is -1.96. The maximum Gasteiger partial charge on any atom is 0.342 e. The molecular formula is C12H20N4O4. The van der Waals surface area contributed by atoms with Crippen LogP contribution in [-0.2, 0) is 16.1 Å². The summed E-state index contributed by atoms with van der Waals surface area (Å²) in [6.45, 7) is 5.68. The summed E-state index contributed by atoms with van der Waals surface area (Å²) in [6.07, 6.45) is 1.96. The molecule has 2 atom stereocenters. The summed E-state index contributed by atoms with van der Waals surface area (Å²) < 4.78 is 6.45. The van der Waals surface area contributed by atoms with Crippen LogP contribution in [0.15, 0.2) is 6.20 Å². The number of rotatable bonds is 7. The predicted molar refractivity (Wildman–Crippen MR) is 72.0 cm³/mol. The van der Waals surface area contributed by atoms with Gasteiger partial charge in [-0.15, -0.1) is 0 Å². The monoisotopic (exact) mass is 284 g/mol. The fourth-order valence-corrected chi connectivity index (χ4v) is 1.70. The van der Waals surface area contributed by atoms with E-state index in [4.69, 9.17) is 10.5 Å². The lowest BCUT2D eigenvalue weighted by atomic mass is 10.0. The summed E-state index contributed by atoms with van der Waals surface area (Å²) in [5.41, 5.74) is 5.74. The van der Waals surface area contributed by atoms with Gasteiger partial charge in [0, 0.05) is 6.92 Å². The Labute approximate surface area is 117 Å². The number of aryl methyl sites for hydroxylation is 1. The van der Waals surface area contributed by atoms with Gasteiger partial charge in [-0.3, -0.25) is 4.79 Å². The topological polar surface area (TPSA) is 113 Å². The highest BCUT2D eigenvalue weighted by molar-refractivity contribution is 5.75. The van der Waals surface area contributed by atoms with Gasteiger partial charge in [0.25, 0.3) is 0 Å². The Balaban J connectivity index is 2.55. The maximum absolute atomic E-state index is 11.7. The van der Waals surface area contributed by atoms with E-state index in [-0.39, 0.29) is 24.9 Å². The number of esters is 1. The Morgan fingerprint density at radius 1 is 1.65 bits per heavy atom. The molecule has 0 radical (unpaired) electrons. The summed E-state index contributed by atoms with van der Waals surface area (Å²) in [5.74, 6) is -0.0738. The van der Waals surface area contributed by atoms with Crippen LogP contribution in [0.2, 0.25) is 0 Å². The molecule has 0 amide bonds. The van der Waals surface area contributed by atoms with Crippen molar-refractivity contribution in [3.63, 3.8) is 0 Å². The van der Waals surface area contributed by atoms with E-state index in [1.807, 2.05) is 13.8 Å². The molecule has 1 heterocycles. The van der Waals surface area contributed by atoms with Crippen molar-refractivity contribution in [3.8, 4) is 0 Å². The molecule has 20 heavy (non-hydrogen) atoms. The van der Waals surface area contributed by atoms with Gasteiger partial charge in [-0.1, -0.05) is 20.3 Å². The molecule has 0 saturated heterocycles. The third-order valence-electron chi connectivity index (χ3n) is 3.31. The minimum absolute atomic E-state index is 0.0288. The van der Waals surface area contributed by atoms with Crippen molar-refractivity contribution in [2.75, 3.05) is 6.61 Å². The van der Waals surface area contributed by atoms with Gasteiger partial charge in [-0.05, 0) is 10.8 Å². The molecule has 8 heteroatoms. The van der Waals surface area contributed by atoms with Gasteiger partial charge in [-0.25, -0.2) is 9.55 Å². The number of aromatic nitrogens is 2. The average molecular weight is 284 g/mol. The van der Waals surface area contributed by atoms with Crippen LogP contribution in [0, 0.1) is 23.0 Å². The molecule has 0 aromatic carbocycles. The SMILES string of the molecule is CC[C@H](C)[C@H](N)C(=O)OCCn1c([N+](=O)[O-])cnc1C. The van der Waals surface area contributed by atoms with E-state index in [0.717, 1.165) is 6.42 Å². The van der Waals surface area contributed by atoms with Gasteiger partial charge in [0.05, 0.1) is 0 Å². The third kappa shape index (κ3) is 3.77. The molecule has 112 valence electrons. The molecule has 0 aliphatic heterocycles. The van der Waals surface area contributed by atoms with Gasteiger partial charge in [0.2, 0.25) is 0 Å². The van der Waals surface area contributed by atoms with Crippen LogP contribution in [0.1, 0.15) is 26.1 Å². The molecule has 1 rings (SSSR count). The first-order chi connectivity index (χ1) is 9.38. The molecule has 8 nitrogen and oxygen atoms in total. The van der Waals surface area contributed by atoms with E-state index in [1.54, 1.807) is 6.92 Å². The number of nitro groups is 1. The zero-order valence-corrected chi connectivity index (χ0v) is 11.9.